The molecule has 0 aromatic heterocycles. The molecule has 1 saturated heterocycles. The first-order valence-corrected chi connectivity index (χ1v) is 6.11. The van der Waals surface area contributed by atoms with Gasteiger partial charge in [0.1, 0.15) is 24.4 Å². The van der Waals surface area contributed by atoms with Crippen molar-refractivity contribution in [2.24, 2.45) is 0 Å². The van der Waals surface area contributed by atoms with Crippen LogP contribution in [0.3, 0.4) is 0 Å². The van der Waals surface area contributed by atoms with E-state index in [0.717, 1.165) is 0 Å². The van der Waals surface area contributed by atoms with Crippen molar-refractivity contribution in [3.05, 3.63) is 0 Å². The Morgan fingerprint density at radius 2 is 2.11 bits per heavy atom. The van der Waals surface area contributed by atoms with Gasteiger partial charge in [-0.1, -0.05) is 0 Å². The third-order valence-electron chi connectivity index (χ3n) is 2.61. The lowest BCUT2D eigenvalue weighted by Crippen LogP contribution is -2.64. The van der Waals surface area contributed by atoms with Crippen LogP contribution in [0.25, 0.3) is 0 Å². The van der Waals surface area contributed by atoms with E-state index >= 15 is 0 Å². The number of carbonyl (C=O) groups excluding carboxylic acids is 1. The van der Waals surface area contributed by atoms with Gasteiger partial charge in [-0.25, -0.2) is 0 Å². The summed E-state index contributed by atoms with van der Waals surface area (Å²) in [4.78, 5) is 11.0. The average molecular weight is 284 g/mol. The Balaban J connectivity index is 2.76. The van der Waals surface area contributed by atoms with Gasteiger partial charge in [0, 0.05) is 12.8 Å². The van der Waals surface area contributed by atoms with Gasteiger partial charge in [-0.2, -0.15) is 0 Å². The van der Waals surface area contributed by atoms with Gasteiger partial charge in [0.25, 0.3) is 0 Å². The molecule has 18 heavy (non-hydrogen) atoms. The van der Waals surface area contributed by atoms with Gasteiger partial charge in [-0.3, -0.25) is 4.79 Å². The molecule has 5 atom stereocenters. The number of rotatable bonds is 5. The molecule has 0 radical (unpaired) electrons. The summed E-state index contributed by atoms with van der Waals surface area (Å²) in [5, 5.41) is 31.1. The first-order valence-electron chi connectivity index (χ1n) is 5.58. The van der Waals surface area contributed by atoms with Crippen molar-refractivity contribution in [1.82, 2.24) is 5.32 Å². The predicted octanol–water partition coefficient (Wildman–Crippen LogP) is -1.81. The van der Waals surface area contributed by atoms with E-state index in [1.807, 2.05) is 0 Å². The molecule has 1 aliphatic rings. The van der Waals surface area contributed by atoms with Crippen LogP contribution in [0.5, 0.6) is 0 Å². The van der Waals surface area contributed by atoms with Crippen molar-refractivity contribution in [3.63, 3.8) is 0 Å². The summed E-state index contributed by atoms with van der Waals surface area (Å²) in [5.74, 6) is -0.175. The van der Waals surface area contributed by atoms with Crippen molar-refractivity contribution in [2.45, 2.75) is 37.6 Å². The quantitative estimate of drug-likeness (QED) is 0.443. The van der Waals surface area contributed by atoms with Gasteiger partial charge in [0.2, 0.25) is 5.91 Å². The minimum Gasteiger partial charge on any atom is -0.394 e. The predicted molar refractivity (Wildman–Crippen MR) is 62.0 cm³/mol. The topological polar surface area (TPSA) is 108 Å². The average Bonchev–Trinajstić information content (AvgIpc) is 2.33. The number of aliphatic hydroxyl groups is 3. The number of hydrogen-bond acceptors (Lipinski definition) is 6. The fourth-order valence-corrected chi connectivity index (χ4v) is 1.86. The van der Waals surface area contributed by atoms with Crippen LogP contribution in [0.2, 0.25) is 0 Å². The molecule has 1 aliphatic heterocycles. The number of aliphatic hydroxyl groups excluding tert-OH is 3. The molecule has 0 aromatic rings. The third kappa shape index (κ3) is 3.78. The zero-order valence-electron chi connectivity index (χ0n) is 9.95. The second kappa shape index (κ2) is 7.22. The van der Waals surface area contributed by atoms with E-state index in [2.05, 4.69) is 5.32 Å². The highest BCUT2D eigenvalue weighted by atomic mass is 35.5. The molecule has 106 valence electrons. The highest BCUT2D eigenvalue weighted by Crippen LogP contribution is 2.22. The van der Waals surface area contributed by atoms with Crippen LogP contribution in [0.1, 0.15) is 6.92 Å². The largest absolute Gasteiger partial charge is 0.394 e. The van der Waals surface area contributed by atoms with Crippen LogP contribution in [0.15, 0.2) is 0 Å². The second-order valence-electron chi connectivity index (χ2n) is 3.99. The van der Waals surface area contributed by atoms with E-state index in [4.69, 9.17) is 26.2 Å². The summed E-state index contributed by atoms with van der Waals surface area (Å²) in [7, 11) is 0. The number of nitrogens with one attached hydrogen (secondary N) is 1. The van der Waals surface area contributed by atoms with Crippen LogP contribution < -0.4 is 5.32 Å². The maximum Gasteiger partial charge on any atom is 0.217 e. The van der Waals surface area contributed by atoms with Gasteiger partial charge >= 0.3 is 0 Å². The Bertz CT molecular complexity index is 279. The number of hydrogen-bond donors (Lipinski definition) is 4. The van der Waals surface area contributed by atoms with Crippen LogP contribution >= 0.6 is 11.6 Å². The fourth-order valence-electron chi connectivity index (χ4n) is 1.77. The number of alkyl halides is 1. The second-order valence-corrected chi connectivity index (χ2v) is 4.37. The normalized spacial score (nSPS) is 36.4. The Kier molecular flexibility index (Phi) is 6.27. The molecule has 8 heteroatoms. The van der Waals surface area contributed by atoms with Crippen molar-refractivity contribution in [1.29, 1.82) is 0 Å². The van der Waals surface area contributed by atoms with E-state index in [1.54, 1.807) is 0 Å². The van der Waals surface area contributed by atoms with E-state index in [0.29, 0.717) is 0 Å². The summed E-state index contributed by atoms with van der Waals surface area (Å²) in [6, 6.07) is -0.913. The fraction of sp³-hybridized carbons (Fsp3) is 0.900. The van der Waals surface area contributed by atoms with Crippen LogP contribution in [0, 0.1) is 0 Å². The molecule has 4 N–H and O–H groups in total. The lowest BCUT2D eigenvalue weighted by Gasteiger charge is -2.42. The first kappa shape index (κ1) is 15.6. The van der Waals surface area contributed by atoms with Crippen LogP contribution in [-0.2, 0) is 14.3 Å². The summed E-state index contributed by atoms with van der Waals surface area (Å²) < 4.78 is 10.5. The summed E-state index contributed by atoms with van der Waals surface area (Å²) in [6.45, 7) is 0.963. The van der Waals surface area contributed by atoms with Gasteiger partial charge in [0.15, 0.2) is 6.29 Å². The number of ether oxygens (including phenoxy) is 2. The lowest BCUT2D eigenvalue weighted by atomic mass is 9.97. The van der Waals surface area contributed by atoms with E-state index in [1.165, 1.54) is 6.92 Å². The highest BCUT2D eigenvalue weighted by molar-refractivity contribution is 6.17. The summed E-state index contributed by atoms with van der Waals surface area (Å²) >= 11 is 5.48. The Morgan fingerprint density at radius 1 is 1.44 bits per heavy atom. The van der Waals surface area contributed by atoms with Crippen LogP contribution in [0.4, 0.5) is 0 Å². The molecule has 5 unspecified atom stereocenters. The zero-order chi connectivity index (χ0) is 13.7. The highest BCUT2D eigenvalue weighted by Gasteiger charge is 2.45. The van der Waals surface area contributed by atoms with Crippen molar-refractivity contribution in [3.8, 4) is 0 Å². The minimum absolute atomic E-state index is 0.156. The summed E-state index contributed by atoms with van der Waals surface area (Å²) in [5.41, 5.74) is 0. The van der Waals surface area contributed by atoms with E-state index < -0.39 is 43.2 Å². The van der Waals surface area contributed by atoms with Crippen molar-refractivity contribution < 1.29 is 29.6 Å². The number of carbonyl (C=O) groups is 1. The molecule has 0 aliphatic carbocycles. The maximum absolute atomic E-state index is 11.0. The van der Waals surface area contributed by atoms with Gasteiger partial charge in [-0.05, 0) is 0 Å². The Hall–Kier alpha value is -0.440. The maximum atomic E-state index is 11.0. The van der Waals surface area contributed by atoms with Crippen molar-refractivity contribution >= 4 is 17.5 Å². The molecule has 1 fully saturated rings. The Morgan fingerprint density at radius 3 is 2.61 bits per heavy atom. The summed E-state index contributed by atoms with van der Waals surface area (Å²) in [6.07, 6.45) is -4.53. The monoisotopic (exact) mass is 283 g/mol. The molecular weight excluding hydrogens is 266 g/mol. The van der Waals surface area contributed by atoms with Gasteiger partial charge in [-0.15, -0.1) is 11.6 Å². The zero-order valence-corrected chi connectivity index (χ0v) is 10.7. The molecule has 0 aromatic carbocycles. The minimum atomic E-state index is -1.30. The van der Waals surface area contributed by atoms with Gasteiger partial charge < -0.3 is 30.1 Å². The first-order chi connectivity index (χ1) is 8.51. The molecule has 7 nitrogen and oxygen atoms in total. The van der Waals surface area contributed by atoms with Crippen molar-refractivity contribution in [2.75, 3.05) is 19.1 Å². The third-order valence-corrected chi connectivity index (χ3v) is 2.76. The van der Waals surface area contributed by atoms with E-state index in [-0.39, 0.29) is 12.5 Å². The standard InChI is InChI=1S/C10H18ClNO6/c1-5(14)12-7-9(16)8(15)6(4-13)18-10(7)17-3-2-11/h6-10,13,15-16H,2-4H2,1H3,(H,12,14). The number of amides is 1. The molecule has 0 bridgehead atoms. The number of halogens is 1. The Labute approximate surface area is 110 Å². The van der Waals surface area contributed by atoms with Gasteiger partial charge in [0.05, 0.1) is 13.2 Å². The SMILES string of the molecule is CC(=O)NC1C(OCCCl)OC(CO)C(O)C1O. The molecule has 1 heterocycles. The van der Waals surface area contributed by atoms with Crippen LogP contribution in [-0.4, -0.2) is 71.0 Å². The molecular formula is C10H18ClNO6. The molecule has 1 amide bonds. The molecule has 0 spiro atoms. The lowest BCUT2D eigenvalue weighted by molar-refractivity contribution is -0.268. The smallest absolute Gasteiger partial charge is 0.217 e. The molecule has 0 saturated carbocycles. The van der Waals surface area contributed by atoms with E-state index in [9.17, 15) is 15.0 Å². The molecule has 1 rings (SSSR count).